The predicted molar refractivity (Wildman–Crippen MR) is 76.5 cm³/mol. The SMILES string of the molecule is O=C(NCc1ccccn1)N1CCC[C@@H](C2OCCO2)C1. The molecule has 0 saturated carbocycles. The van der Waals surface area contributed by atoms with E-state index in [9.17, 15) is 4.79 Å². The topological polar surface area (TPSA) is 63.7 Å². The molecule has 1 aromatic heterocycles. The molecule has 3 heterocycles. The lowest BCUT2D eigenvalue weighted by Crippen LogP contribution is -2.47. The summed E-state index contributed by atoms with van der Waals surface area (Å²) in [6.07, 6.45) is 3.63. The second-order valence-electron chi connectivity index (χ2n) is 5.44. The van der Waals surface area contributed by atoms with Crippen LogP contribution in [0.15, 0.2) is 24.4 Å². The van der Waals surface area contributed by atoms with E-state index in [0.29, 0.717) is 26.3 Å². The lowest BCUT2D eigenvalue weighted by molar-refractivity contribution is -0.0963. The van der Waals surface area contributed by atoms with Crippen molar-refractivity contribution in [3.05, 3.63) is 30.1 Å². The smallest absolute Gasteiger partial charge is 0.317 e. The number of nitrogens with zero attached hydrogens (tertiary/aromatic N) is 2. The molecule has 0 unspecified atom stereocenters. The van der Waals surface area contributed by atoms with Gasteiger partial charge in [-0.3, -0.25) is 4.98 Å². The van der Waals surface area contributed by atoms with Crippen molar-refractivity contribution in [3.63, 3.8) is 0 Å². The first-order valence-electron chi connectivity index (χ1n) is 7.49. The number of piperidine rings is 1. The van der Waals surface area contributed by atoms with Crippen LogP contribution in [-0.2, 0) is 16.0 Å². The normalized spacial score (nSPS) is 23.2. The molecule has 0 bridgehead atoms. The molecule has 0 radical (unpaired) electrons. The fraction of sp³-hybridized carbons (Fsp3) is 0.600. The number of hydrogen-bond acceptors (Lipinski definition) is 4. The molecule has 3 rings (SSSR count). The van der Waals surface area contributed by atoms with Gasteiger partial charge in [-0.15, -0.1) is 0 Å². The van der Waals surface area contributed by atoms with Crippen LogP contribution < -0.4 is 5.32 Å². The number of ether oxygens (including phenoxy) is 2. The number of hydrogen-bond donors (Lipinski definition) is 1. The number of aromatic nitrogens is 1. The minimum absolute atomic E-state index is 0.0386. The van der Waals surface area contributed by atoms with Gasteiger partial charge in [0, 0.05) is 25.2 Å². The number of carbonyl (C=O) groups is 1. The van der Waals surface area contributed by atoms with Crippen LogP contribution in [0.5, 0.6) is 0 Å². The minimum atomic E-state index is -0.142. The van der Waals surface area contributed by atoms with Gasteiger partial charge in [0.05, 0.1) is 25.5 Å². The van der Waals surface area contributed by atoms with E-state index in [2.05, 4.69) is 10.3 Å². The molecule has 1 atom stereocenters. The first kappa shape index (κ1) is 14.3. The first-order valence-corrected chi connectivity index (χ1v) is 7.49. The zero-order chi connectivity index (χ0) is 14.5. The summed E-state index contributed by atoms with van der Waals surface area (Å²) in [5, 5.41) is 2.92. The van der Waals surface area contributed by atoms with E-state index < -0.39 is 0 Å². The summed E-state index contributed by atoms with van der Waals surface area (Å²) in [7, 11) is 0. The highest BCUT2D eigenvalue weighted by Crippen LogP contribution is 2.24. The maximum absolute atomic E-state index is 12.2. The molecular formula is C15H21N3O3. The van der Waals surface area contributed by atoms with E-state index in [0.717, 1.165) is 25.1 Å². The lowest BCUT2D eigenvalue weighted by Gasteiger charge is -2.34. The lowest BCUT2D eigenvalue weighted by atomic mass is 9.98. The summed E-state index contributed by atoms with van der Waals surface area (Å²) >= 11 is 0. The largest absolute Gasteiger partial charge is 0.350 e. The number of pyridine rings is 1. The average Bonchev–Trinajstić information content (AvgIpc) is 3.08. The molecule has 2 saturated heterocycles. The summed E-state index contributed by atoms with van der Waals surface area (Å²) in [4.78, 5) is 18.3. The Bertz CT molecular complexity index is 462. The third kappa shape index (κ3) is 3.71. The van der Waals surface area contributed by atoms with Gasteiger partial charge >= 0.3 is 6.03 Å². The van der Waals surface area contributed by atoms with Crippen LogP contribution in [0.2, 0.25) is 0 Å². The van der Waals surface area contributed by atoms with E-state index in [-0.39, 0.29) is 18.2 Å². The summed E-state index contributed by atoms with van der Waals surface area (Å²) in [5.74, 6) is 0.279. The maximum Gasteiger partial charge on any atom is 0.317 e. The minimum Gasteiger partial charge on any atom is -0.350 e. The van der Waals surface area contributed by atoms with E-state index in [4.69, 9.17) is 9.47 Å². The molecule has 2 amide bonds. The third-order valence-corrected chi connectivity index (χ3v) is 3.92. The molecule has 6 nitrogen and oxygen atoms in total. The Morgan fingerprint density at radius 3 is 3.00 bits per heavy atom. The number of rotatable bonds is 3. The summed E-state index contributed by atoms with van der Waals surface area (Å²) in [6, 6.07) is 5.64. The van der Waals surface area contributed by atoms with Gasteiger partial charge in [-0.25, -0.2) is 4.79 Å². The van der Waals surface area contributed by atoms with Crippen LogP contribution in [0.3, 0.4) is 0 Å². The zero-order valence-electron chi connectivity index (χ0n) is 12.0. The van der Waals surface area contributed by atoms with Crippen LogP contribution in [0.1, 0.15) is 18.5 Å². The number of likely N-dealkylation sites (tertiary alicyclic amines) is 1. The van der Waals surface area contributed by atoms with Crippen LogP contribution in [0.4, 0.5) is 4.79 Å². The summed E-state index contributed by atoms with van der Waals surface area (Å²) in [5.41, 5.74) is 0.863. The van der Waals surface area contributed by atoms with Crippen molar-refractivity contribution in [1.29, 1.82) is 0 Å². The van der Waals surface area contributed by atoms with Gasteiger partial charge in [0.1, 0.15) is 0 Å². The molecule has 0 aliphatic carbocycles. The quantitative estimate of drug-likeness (QED) is 0.913. The molecule has 1 aromatic rings. The van der Waals surface area contributed by atoms with Crippen molar-refractivity contribution in [1.82, 2.24) is 15.2 Å². The Balaban J connectivity index is 1.49. The van der Waals surface area contributed by atoms with E-state index >= 15 is 0 Å². The van der Waals surface area contributed by atoms with Gasteiger partial charge in [0.2, 0.25) is 0 Å². The molecule has 2 aliphatic heterocycles. The van der Waals surface area contributed by atoms with Crippen molar-refractivity contribution in [3.8, 4) is 0 Å². The van der Waals surface area contributed by atoms with Crippen LogP contribution in [-0.4, -0.2) is 48.5 Å². The fourth-order valence-corrected chi connectivity index (χ4v) is 2.85. The first-order chi connectivity index (χ1) is 10.3. The monoisotopic (exact) mass is 291 g/mol. The van der Waals surface area contributed by atoms with Gasteiger partial charge < -0.3 is 19.7 Å². The Labute approximate surface area is 124 Å². The standard InChI is InChI=1S/C15H21N3O3/c19-15(17-10-13-5-1-2-6-16-13)18-7-3-4-12(11-18)14-20-8-9-21-14/h1-2,5-6,12,14H,3-4,7-11H2,(H,17,19)/t12-/m1/s1. The van der Waals surface area contributed by atoms with E-state index in [1.807, 2.05) is 23.1 Å². The highest BCUT2D eigenvalue weighted by Gasteiger charge is 2.32. The Hall–Kier alpha value is -1.66. The zero-order valence-corrected chi connectivity index (χ0v) is 12.0. The van der Waals surface area contributed by atoms with Gasteiger partial charge in [-0.2, -0.15) is 0 Å². The van der Waals surface area contributed by atoms with Crippen LogP contribution in [0, 0.1) is 5.92 Å². The molecule has 2 aliphatic rings. The number of carbonyl (C=O) groups excluding carboxylic acids is 1. The Morgan fingerprint density at radius 1 is 1.38 bits per heavy atom. The fourth-order valence-electron chi connectivity index (χ4n) is 2.85. The van der Waals surface area contributed by atoms with Gasteiger partial charge in [-0.1, -0.05) is 6.07 Å². The van der Waals surface area contributed by atoms with Crippen LogP contribution in [0.25, 0.3) is 0 Å². The number of urea groups is 1. The predicted octanol–water partition coefficient (Wildman–Crippen LogP) is 1.38. The summed E-state index contributed by atoms with van der Waals surface area (Å²) in [6.45, 7) is 3.26. The molecule has 114 valence electrons. The highest BCUT2D eigenvalue weighted by atomic mass is 16.7. The van der Waals surface area contributed by atoms with Crippen molar-refractivity contribution < 1.29 is 14.3 Å². The second-order valence-corrected chi connectivity index (χ2v) is 5.44. The molecule has 2 fully saturated rings. The Morgan fingerprint density at radius 2 is 2.24 bits per heavy atom. The summed E-state index contributed by atoms with van der Waals surface area (Å²) < 4.78 is 11.1. The third-order valence-electron chi connectivity index (χ3n) is 3.92. The van der Waals surface area contributed by atoms with Gasteiger partial charge in [0.15, 0.2) is 6.29 Å². The number of nitrogens with one attached hydrogen (secondary N) is 1. The second kappa shape index (κ2) is 6.87. The Kier molecular flexibility index (Phi) is 4.67. The van der Waals surface area contributed by atoms with Gasteiger partial charge in [0.25, 0.3) is 0 Å². The maximum atomic E-state index is 12.2. The van der Waals surface area contributed by atoms with Crippen molar-refractivity contribution in [2.24, 2.45) is 5.92 Å². The molecule has 1 N–H and O–H groups in total. The molecule has 0 spiro atoms. The van der Waals surface area contributed by atoms with Crippen molar-refractivity contribution in [2.75, 3.05) is 26.3 Å². The van der Waals surface area contributed by atoms with Crippen molar-refractivity contribution in [2.45, 2.75) is 25.7 Å². The highest BCUT2D eigenvalue weighted by molar-refractivity contribution is 5.74. The molecular weight excluding hydrogens is 270 g/mol. The number of amides is 2. The molecule has 0 aromatic carbocycles. The van der Waals surface area contributed by atoms with Crippen molar-refractivity contribution >= 4 is 6.03 Å². The van der Waals surface area contributed by atoms with E-state index in [1.54, 1.807) is 6.20 Å². The average molecular weight is 291 g/mol. The van der Waals surface area contributed by atoms with E-state index in [1.165, 1.54) is 0 Å². The molecule has 21 heavy (non-hydrogen) atoms. The molecule has 6 heteroatoms. The van der Waals surface area contributed by atoms with Crippen LogP contribution >= 0.6 is 0 Å². The van der Waals surface area contributed by atoms with Gasteiger partial charge in [-0.05, 0) is 25.0 Å².